The number of amides is 1. The second-order valence-corrected chi connectivity index (χ2v) is 8.71. The minimum atomic E-state index is -3.69. The lowest BCUT2D eigenvalue weighted by atomic mass is 10.2. The third kappa shape index (κ3) is 6.16. The van der Waals surface area contributed by atoms with Crippen LogP contribution in [0.1, 0.15) is 28.8 Å². The van der Waals surface area contributed by atoms with Crippen molar-refractivity contribution in [3.63, 3.8) is 0 Å². The summed E-state index contributed by atoms with van der Waals surface area (Å²) >= 11 is 0. The van der Waals surface area contributed by atoms with Crippen molar-refractivity contribution in [1.82, 2.24) is 10.0 Å². The molecule has 0 aliphatic carbocycles. The van der Waals surface area contributed by atoms with E-state index in [1.54, 1.807) is 6.07 Å². The van der Waals surface area contributed by atoms with Crippen LogP contribution in [0.15, 0.2) is 66.1 Å². The van der Waals surface area contributed by atoms with Crippen molar-refractivity contribution < 1.29 is 22.7 Å². The molecule has 1 saturated heterocycles. The highest BCUT2D eigenvalue weighted by Crippen LogP contribution is 2.17. The normalized spacial score (nSPS) is 16.2. The second kappa shape index (κ2) is 10.4. The van der Waals surface area contributed by atoms with Crippen molar-refractivity contribution in [1.29, 1.82) is 0 Å². The van der Waals surface area contributed by atoms with Crippen molar-refractivity contribution in [2.24, 2.45) is 0 Å². The first kappa shape index (κ1) is 22.0. The topological polar surface area (TPSA) is 93.7 Å². The van der Waals surface area contributed by atoms with Gasteiger partial charge < -0.3 is 14.8 Å². The van der Waals surface area contributed by atoms with E-state index in [0.717, 1.165) is 30.8 Å². The summed E-state index contributed by atoms with van der Waals surface area (Å²) < 4.78 is 38.1. The van der Waals surface area contributed by atoms with Crippen LogP contribution in [0.4, 0.5) is 0 Å². The quantitative estimate of drug-likeness (QED) is 0.565. The van der Waals surface area contributed by atoms with Gasteiger partial charge in [-0.2, -0.15) is 0 Å². The van der Waals surface area contributed by atoms with Gasteiger partial charge in [0.15, 0.2) is 0 Å². The summed E-state index contributed by atoms with van der Waals surface area (Å²) in [5.74, 6) is 0.403. The van der Waals surface area contributed by atoms with Gasteiger partial charge >= 0.3 is 0 Å². The van der Waals surface area contributed by atoms with Gasteiger partial charge in [0.05, 0.1) is 11.0 Å². The van der Waals surface area contributed by atoms with E-state index in [1.165, 1.54) is 24.3 Å². The summed E-state index contributed by atoms with van der Waals surface area (Å²) in [6.45, 7) is 5.26. The molecule has 7 nitrogen and oxygen atoms in total. The van der Waals surface area contributed by atoms with Crippen molar-refractivity contribution in [3.05, 3.63) is 72.3 Å². The monoisotopic (exact) mass is 430 g/mol. The fourth-order valence-electron chi connectivity index (χ4n) is 3.01. The predicted octanol–water partition coefficient (Wildman–Crippen LogP) is 2.64. The van der Waals surface area contributed by atoms with Crippen LogP contribution in [0.2, 0.25) is 0 Å². The smallest absolute Gasteiger partial charge is 0.251 e. The largest absolute Gasteiger partial charge is 0.491 e. The van der Waals surface area contributed by atoms with Gasteiger partial charge in [-0.1, -0.05) is 24.3 Å². The zero-order valence-electron chi connectivity index (χ0n) is 16.7. The molecule has 1 atom stereocenters. The molecule has 3 rings (SSSR count). The maximum Gasteiger partial charge on any atom is 0.251 e. The van der Waals surface area contributed by atoms with Gasteiger partial charge in [0.2, 0.25) is 10.0 Å². The van der Waals surface area contributed by atoms with E-state index in [2.05, 4.69) is 16.6 Å². The van der Waals surface area contributed by atoms with E-state index in [-0.39, 0.29) is 29.0 Å². The van der Waals surface area contributed by atoms with Gasteiger partial charge in [-0.05, 0) is 48.7 Å². The lowest BCUT2D eigenvalue weighted by Gasteiger charge is -2.12. The molecule has 2 N–H and O–H groups in total. The Labute approximate surface area is 177 Å². The Hall–Kier alpha value is -2.68. The molecule has 1 fully saturated rings. The first-order valence-corrected chi connectivity index (χ1v) is 11.3. The minimum Gasteiger partial charge on any atom is -0.491 e. The zero-order chi connectivity index (χ0) is 21.4. The number of hydrogen-bond donors (Lipinski definition) is 2. The Morgan fingerprint density at radius 1 is 1.23 bits per heavy atom. The molecule has 30 heavy (non-hydrogen) atoms. The van der Waals surface area contributed by atoms with Crippen LogP contribution < -0.4 is 14.8 Å². The number of nitrogens with one attached hydrogen (secondary N) is 2. The molecule has 1 heterocycles. The molecular weight excluding hydrogens is 404 g/mol. The third-order valence-corrected chi connectivity index (χ3v) is 6.08. The molecule has 0 radical (unpaired) electrons. The molecule has 1 amide bonds. The maximum absolute atomic E-state index is 12.4. The van der Waals surface area contributed by atoms with Crippen LogP contribution in [0.5, 0.6) is 5.75 Å². The summed E-state index contributed by atoms with van der Waals surface area (Å²) in [6, 6.07) is 13.4. The second-order valence-electron chi connectivity index (χ2n) is 6.94. The fraction of sp³-hybridized carbons (Fsp3) is 0.318. The molecule has 1 unspecified atom stereocenters. The fourth-order valence-corrected chi connectivity index (χ4v) is 4.05. The maximum atomic E-state index is 12.4. The van der Waals surface area contributed by atoms with E-state index in [4.69, 9.17) is 9.47 Å². The van der Waals surface area contributed by atoms with Crippen LogP contribution in [0, 0.1) is 0 Å². The molecular formula is C22H26N2O5S. The van der Waals surface area contributed by atoms with Crippen LogP contribution in [-0.2, 0) is 21.3 Å². The van der Waals surface area contributed by atoms with E-state index in [9.17, 15) is 13.2 Å². The number of hydrogen-bond acceptors (Lipinski definition) is 5. The Kier molecular flexibility index (Phi) is 7.62. The first-order valence-electron chi connectivity index (χ1n) is 9.80. The van der Waals surface area contributed by atoms with Gasteiger partial charge in [-0.15, -0.1) is 6.58 Å². The summed E-state index contributed by atoms with van der Waals surface area (Å²) in [5.41, 5.74) is 1.18. The number of sulfonamides is 1. The summed E-state index contributed by atoms with van der Waals surface area (Å²) in [5, 5.41) is 2.80. The van der Waals surface area contributed by atoms with Crippen LogP contribution >= 0.6 is 0 Å². The SMILES string of the molecule is C=CCNS(=O)(=O)c1cccc(C(=O)NCc2ccc(OCC3CCCO3)cc2)c1. The van der Waals surface area contributed by atoms with Crippen LogP contribution in [0.25, 0.3) is 0 Å². The Bertz CT molecular complexity index is 967. The number of rotatable bonds is 10. The van der Waals surface area contributed by atoms with E-state index >= 15 is 0 Å². The Balaban J connectivity index is 1.53. The van der Waals surface area contributed by atoms with Crippen molar-refractivity contribution in [3.8, 4) is 5.75 Å². The molecule has 1 aliphatic rings. The van der Waals surface area contributed by atoms with Crippen molar-refractivity contribution in [2.75, 3.05) is 19.8 Å². The zero-order valence-corrected chi connectivity index (χ0v) is 17.5. The Morgan fingerprint density at radius 2 is 2.03 bits per heavy atom. The number of ether oxygens (including phenoxy) is 2. The lowest BCUT2D eigenvalue weighted by molar-refractivity contribution is 0.0679. The van der Waals surface area contributed by atoms with E-state index in [0.29, 0.717) is 13.2 Å². The average molecular weight is 431 g/mol. The van der Waals surface area contributed by atoms with Crippen LogP contribution in [0.3, 0.4) is 0 Å². The molecule has 0 aromatic heterocycles. The van der Waals surface area contributed by atoms with Gasteiger partial charge in [-0.3, -0.25) is 4.79 Å². The van der Waals surface area contributed by atoms with E-state index < -0.39 is 10.0 Å². The highest BCUT2D eigenvalue weighted by Gasteiger charge is 2.16. The summed E-state index contributed by atoms with van der Waals surface area (Å²) in [7, 11) is -3.69. The van der Waals surface area contributed by atoms with Crippen LogP contribution in [-0.4, -0.2) is 40.2 Å². The molecule has 1 aliphatic heterocycles. The molecule has 0 spiro atoms. The third-order valence-electron chi connectivity index (χ3n) is 4.66. The Morgan fingerprint density at radius 3 is 2.73 bits per heavy atom. The van der Waals surface area contributed by atoms with Crippen molar-refractivity contribution in [2.45, 2.75) is 30.4 Å². The van der Waals surface area contributed by atoms with Crippen molar-refractivity contribution >= 4 is 15.9 Å². The number of benzene rings is 2. The number of carbonyl (C=O) groups excluding carboxylic acids is 1. The molecule has 0 saturated carbocycles. The van der Waals surface area contributed by atoms with Gasteiger partial charge in [0, 0.05) is 25.3 Å². The molecule has 160 valence electrons. The van der Waals surface area contributed by atoms with Gasteiger partial charge in [-0.25, -0.2) is 13.1 Å². The highest BCUT2D eigenvalue weighted by atomic mass is 32.2. The first-order chi connectivity index (χ1) is 14.5. The molecule has 2 aromatic rings. The minimum absolute atomic E-state index is 0.0322. The summed E-state index contributed by atoms with van der Waals surface area (Å²) in [4.78, 5) is 12.5. The highest BCUT2D eigenvalue weighted by molar-refractivity contribution is 7.89. The summed E-state index contributed by atoms with van der Waals surface area (Å²) in [6.07, 6.45) is 3.71. The van der Waals surface area contributed by atoms with Gasteiger partial charge in [0.1, 0.15) is 12.4 Å². The van der Waals surface area contributed by atoms with E-state index in [1.807, 2.05) is 24.3 Å². The van der Waals surface area contributed by atoms with Gasteiger partial charge in [0.25, 0.3) is 5.91 Å². The standard InChI is InChI=1S/C22H26N2O5S/c1-2-12-24-30(26,27)21-7-3-5-18(14-21)22(25)23-15-17-8-10-19(11-9-17)29-16-20-6-4-13-28-20/h2-3,5,7-11,14,20,24H,1,4,6,12-13,15-16H2,(H,23,25). The number of carbonyl (C=O) groups is 1. The lowest BCUT2D eigenvalue weighted by Crippen LogP contribution is -2.25. The molecule has 2 aromatic carbocycles. The predicted molar refractivity (Wildman–Crippen MR) is 114 cm³/mol. The molecule has 8 heteroatoms. The average Bonchev–Trinajstić information content (AvgIpc) is 3.29. The molecule has 0 bridgehead atoms.